The minimum atomic E-state index is -0.343. The lowest BCUT2D eigenvalue weighted by atomic mass is 9.93. The molecule has 2 heterocycles. The molecule has 2 aliphatic rings. The van der Waals surface area contributed by atoms with Gasteiger partial charge in [0.2, 0.25) is 0 Å². The van der Waals surface area contributed by atoms with Gasteiger partial charge in [0.05, 0.1) is 85.8 Å². The van der Waals surface area contributed by atoms with Crippen molar-refractivity contribution in [2.45, 2.75) is 13.3 Å². The first kappa shape index (κ1) is 42.6. The Hall–Kier alpha value is -5.00. The monoisotopic (exact) mass is 799 g/mol. The second-order valence-electron chi connectivity index (χ2n) is 13.6. The number of ether oxygens (including phenoxy) is 6. The molecule has 0 aromatic heterocycles. The van der Waals surface area contributed by atoms with E-state index in [4.69, 9.17) is 34.2 Å². The van der Waals surface area contributed by atoms with Gasteiger partial charge >= 0.3 is 0 Å². The molecule has 0 saturated carbocycles. The number of hydrogen-bond donors (Lipinski definition) is 3. The van der Waals surface area contributed by atoms with Crippen molar-refractivity contribution >= 4 is 56.5 Å². The van der Waals surface area contributed by atoms with E-state index in [-0.39, 0.29) is 49.9 Å². The molecule has 4 amide bonds. The van der Waals surface area contributed by atoms with Crippen molar-refractivity contribution in [3.8, 4) is 0 Å². The van der Waals surface area contributed by atoms with Crippen LogP contribution in [0.15, 0.2) is 60.7 Å². The highest BCUT2D eigenvalue weighted by molar-refractivity contribution is 6.27. The number of nitrogens with one attached hydrogen (secondary N) is 2. The largest absolute Gasteiger partial charge is 0.382 e. The van der Waals surface area contributed by atoms with Crippen LogP contribution >= 0.6 is 0 Å². The molecule has 0 radical (unpaired) electrons. The van der Waals surface area contributed by atoms with Gasteiger partial charge in [-0.3, -0.25) is 29.0 Å². The molecule has 310 valence electrons. The number of amides is 4. The fraction of sp³-hybridized carbons (Fsp3) is 0.442. The highest BCUT2D eigenvalue weighted by Gasteiger charge is 2.34. The third kappa shape index (κ3) is 10.2. The zero-order valence-electron chi connectivity index (χ0n) is 33.1. The Morgan fingerprint density at radius 3 is 1.26 bits per heavy atom. The van der Waals surface area contributed by atoms with E-state index >= 15 is 0 Å². The zero-order valence-corrected chi connectivity index (χ0v) is 33.1. The molecule has 0 spiro atoms. The van der Waals surface area contributed by atoms with Gasteiger partial charge in [0, 0.05) is 81.4 Å². The van der Waals surface area contributed by atoms with Crippen molar-refractivity contribution in [1.82, 2.24) is 9.80 Å². The van der Waals surface area contributed by atoms with Crippen LogP contribution in [0, 0.1) is 0 Å². The summed E-state index contributed by atoms with van der Waals surface area (Å²) in [6.07, 6.45) is 0.936. The number of carbonyl (C=O) groups excluding carboxylic acids is 4. The number of imide groups is 2. The number of benzene rings is 4. The van der Waals surface area contributed by atoms with Gasteiger partial charge in [-0.2, -0.15) is 0 Å². The number of hydrogen-bond acceptors (Lipinski definition) is 13. The van der Waals surface area contributed by atoms with Gasteiger partial charge in [-0.25, -0.2) is 0 Å². The standard InChI is InChI=1S/C43H53N5O10/c1-2-18-53-24-28-57-22-16-47-40(49)32-7-3-5-30-36(11-9-34(38(30)32)42(47)51)45-14-20-55-26-27-56-21-15-46-37-12-10-35-39-31(37)6-4-8-33(39)41(50)48(43(35)52)17-23-58-29-25-54-19-13-44/h3-12,45-46H,2,13-29,44H2,1H3. The normalized spacial score (nSPS) is 13.7. The third-order valence-corrected chi connectivity index (χ3v) is 9.75. The van der Waals surface area contributed by atoms with E-state index in [1.165, 1.54) is 9.80 Å². The van der Waals surface area contributed by atoms with E-state index in [2.05, 4.69) is 10.6 Å². The Labute approximate surface area is 338 Å². The first-order valence-electron chi connectivity index (χ1n) is 19.9. The maximum absolute atomic E-state index is 13.3. The summed E-state index contributed by atoms with van der Waals surface area (Å²) in [7, 11) is 0. The summed E-state index contributed by atoms with van der Waals surface area (Å²) in [5, 5.41) is 9.64. The van der Waals surface area contributed by atoms with E-state index in [0.717, 1.165) is 28.6 Å². The predicted octanol–water partition coefficient (Wildman–Crippen LogP) is 4.18. The van der Waals surface area contributed by atoms with E-state index < -0.39 is 0 Å². The first-order chi connectivity index (χ1) is 28.5. The lowest BCUT2D eigenvalue weighted by Gasteiger charge is -2.28. The molecule has 0 bridgehead atoms. The molecule has 6 rings (SSSR count). The Morgan fingerprint density at radius 1 is 0.466 bits per heavy atom. The fourth-order valence-electron chi connectivity index (χ4n) is 7.03. The molecule has 0 fully saturated rings. The van der Waals surface area contributed by atoms with Gasteiger partial charge in [-0.15, -0.1) is 0 Å². The lowest BCUT2D eigenvalue weighted by Crippen LogP contribution is -2.42. The van der Waals surface area contributed by atoms with Crippen LogP contribution in [0.3, 0.4) is 0 Å². The van der Waals surface area contributed by atoms with Crippen LogP contribution in [0.1, 0.15) is 54.8 Å². The number of nitrogens with two attached hydrogens (primary N) is 1. The molecule has 0 saturated heterocycles. The number of carbonyl (C=O) groups is 4. The van der Waals surface area contributed by atoms with Crippen LogP contribution in [-0.2, 0) is 28.4 Å². The first-order valence-corrected chi connectivity index (χ1v) is 19.9. The maximum atomic E-state index is 13.3. The highest BCUT2D eigenvalue weighted by Crippen LogP contribution is 2.35. The van der Waals surface area contributed by atoms with Crippen LogP contribution in [0.2, 0.25) is 0 Å². The van der Waals surface area contributed by atoms with E-state index in [1.807, 2.05) is 43.3 Å². The molecule has 4 aromatic rings. The summed E-state index contributed by atoms with van der Waals surface area (Å²) in [5.41, 5.74) is 8.97. The van der Waals surface area contributed by atoms with Crippen LogP contribution < -0.4 is 16.4 Å². The second-order valence-corrected chi connectivity index (χ2v) is 13.6. The van der Waals surface area contributed by atoms with E-state index in [0.29, 0.717) is 119 Å². The maximum Gasteiger partial charge on any atom is 0.261 e. The Bertz CT molecular complexity index is 1870. The van der Waals surface area contributed by atoms with Crippen molar-refractivity contribution in [2.24, 2.45) is 5.73 Å². The van der Waals surface area contributed by atoms with Gasteiger partial charge in [-0.1, -0.05) is 31.2 Å². The molecule has 0 unspecified atom stereocenters. The SMILES string of the molecule is CCCOCCOCCN1C(=O)c2cccc3c(NCCOCCOCCNc4ccc5c6c(cccc46)C(=O)N(CCOCCOCCN)C5=O)ccc(c23)C1=O. The third-order valence-electron chi connectivity index (χ3n) is 9.75. The molecule has 2 aliphatic heterocycles. The fourth-order valence-corrected chi connectivity index (χ4v) is 7.03. The predicted molar refractivity (Wildman–Crippen MR) is 220 cm³/mol. The van der Waals surface area contributed by atoms with Crippen LogP contribution in [0.5, 0.6) is 0 Å². The van der Waals surface area contributed by atoms with Crippen molar-refractivity contribution < 1.29 is 47.6 Å². The highest BCUT2D eigenvalue weighted by atomic mass is 16.5. The van der Waals surface area contributed by atoms with E-state index in [9.17, 15) is 19.2 Å². The van der Waals surface area contributed by atoms with Crippen molar-refractivity contribution in [1.29, 1.82) is 0 Å². The van der Waals surface area contributed by atoms with Crippen molar-refractivity contribution in [2.75, 3.05) is 123 Å². The molecule has 15 nitrogen and oxygen atoms in total. The Morgan fingerprint density at radius 2 is 0.845 bits per heavy atom. The average molecular weight is 800 g/mol. The lowest BCUT2D eigenvalue weighted by molar-refractivity contribution is 0.0337. The van der Waals surface area contributed by atoms with Gasteiger partial charge < -0.3 is 44.8 Å². The van der Waals surface area contributed by atoms with E-state index in [1.54, 1.807) is 24.3 Å². The molecule has 4 aromatic carbocycles. The summed E-state index contributed by atoms with van der Waals surface area (Å²) in [4.78, 5) is 55.8. The van der Waals surface area contributed by atoms with Crippen molar-refractivity contribution in [3.05, 3.63) is 82.9 Å². The molecule has 4 N–H and O–H groups in total. The average Bonchev–Trinajstić information content (AvgIpc) is 3.24. The second kappa shape index (κ2) is 21.7. The molecule has 15 heteroatoms. The molecule has 58 heavy (non-hydrogen) atoms. The van der Waals surface area contributed by atoms with Gasteiger partial charge in [0.1, 0.15) is 0 Å². The van der Waals surface area contributed by atoms with Crippen LogP contribution in [0.4, 0.5) is 11.4 Å². The quantitative estimate of drug-likeness (QED) is 0.0579. The number of nitrogens with zero attached hydrogens (tertiary/aromatic N) is 2. The topological polar surface area (TPSA) is 180 Å². The summed E-state index contributed by atoms with van der Waals surface area (Å²) in [6.45, 7) is 8.67. The molecule has 0 aliphatic carbocycles. The molecular formula is C43H53N5O10. The minimum absolute atomic E-state index is 0.146. The molecule has 0 atom stereocenters. The smallest absolute Gasteiger partial charge is 0.261 e. The Balaban J connectivity index is 0.902. The Kier molecular flexibility index (Phi) is 15.9. The van der Waals surface area contributed by atoms with Crippen LogP contribution in [0.25, 0.3) is 21.5 Å². The summed E-state index contributed by atoms with van der Waals surface area (Å²) in [6, 6.07) is 18.2. The minimum Gasteiger partial charge on any atom is -0.382 e. The zero-order chi connectivity index (χ0) is 40.7. The van der Waals surface area contributed by atoms with Crippen LogP contribution in [-0.4, -0.2) is 145 Å². The number of rotatable bonds is 27. The summed E-state index contributed by atoms with van der Waals surface area (Å²) in [5.74, 6) is -1.35. The van der Waals surface area contributed by atoms with Gasteiger partial charge in [-0.05, 0) is 42.8 Å². The van der Waals surface area contributed by atoms with Crippen molar-refractivity contribution in [3.63, 3.8) is 0 Å². The summed E-state index contributed by atoms with van der Waals surface area (Å²) < 4.78 is 33.4. The number of anilines is 2. The molecular weight excluding hydrogens is 746 g/mol. The van der Waals surface area contributed by atoms with Gasteiger partial charge in [0.15, 0.2) is 0 Å². The summed E-state index contributed by atoms with van der Waals surface area (Å²) >= 11 is 0. The van der Waals surface area contributed by atoms with Gasteiger partial charge in [0.25, 0.3) is 23.6 Å².